The fourth-order valence-electron chi connectivity index (χ4n) is 3.89. The van der Waals surface area contributed by atoms with Gasteiger partial charge in [0.25, 0.3) is 0 Å². The Bertz CT molecular complexity index is 784. The fraction of sp³-hybridized carbons (Fsp3) is 0.550. The molecule has 0 amide bonds. The summed E-state index contributed by atoms with van der Waals surface area (Å²) in [7, 11) is 2.57. The van der Waals surface area contributed by atoms with E-state index in [1.165, 1.54) is 14.2 Å². The Morgan fingerprint density at radius 3 is 1.81 bits per heavy atom. The van der Waals surface area contributed by atoms with Crippen molar-refractivity contribution in [3.05, 3.63) is 34.2 Å². The molecule has 1 aliphatic heterocycles. The fourth-order valence-corrected chi connectivity index (χ4v) is 3.89. The number of hydrogen-bond donors (Lipinski definition) is 0. The highest BCUT2D eigenvalue weighted by Gasteiger charge is 2.44. The van der Waals surface area contributed by atoms with E-state index in [0.29, 0.717) is 23.4 Å². The van der Waals surface area contributed by atoms with Gasteiger partial charge in [-0.25, -0.2) is 9.59 Å². The van der Waals surface area contributed by atoms with Crippen LogP contribution in [0.3, 0.4) is 0 Å². The molecule has 2 heterocycles. The Hall–Kier alpha value is -2.25. The molecule has 0 unspecified atom stereocenters. The molecule has 0 spiro atoms. The van der Waals surface area contributed by atoms with Gasteiger partial charge in [-0.2, -0.15) is 0 Å². The van der Waals surface area contributed by atoms with Crippen LogP contribution in [0.4, 0.5) is 0 Å². The van der Waals surface area contributed by atoms with E-state index in [-0.39, 0.29) is 11.1 Å². The van der Waals surface area contributed by atoms with Crippen LogP contribution in [0.15, 0.2) is 6.08 Å². The highest BCUT2D eigenvalue weighted by Crippen LogP contribution is 2.42. The van der Waals surface area contributed by atoms with E-state index in [4.69, 9.17) is 9.47 Å². The van der Waals surface area contributed by atoms with Crippen LogP contribution in [-0.4, -0.2) is 47.3 Å². The van der Waals surface area contributed by atoms with Crippen LogP contribution in [-0.2, 0) is 14.7 Å². The Balaban J connectivity index is 2.93. The van der Waals surface area contributed by atoms with Gasteiger partial charge in [-0.15, -0.1) is 10.3 Å². The number of esters is 2. The molecule has 1 aromatic heterocycles. The molecular formula is C20H27N2O5. The lowest BCUT2D eigenvalue weighted by Crippen LogP contribution is -2.54. The quantitative estimate of drug-likeness (QED) is 0.754. The van der Waals surface area contributed by atoms with Gasteiger partial charge < -0.3 is 9.47 Å². The normalized spacial score (nSPS) is 18.6. The number of nitrogens with zero attached hydrogens (tertiary/aromatic N) is 2. The van der Waals surface area contributed by atoms with Crippen LogP contribution >= 0.6 is 0 Å². The Labute approximate surface area is 159 Å². The van der Waals surface area contributed by atoms with Crippen molar-refractivity contribution in [1.82, 2.24) is 10.0 Å². The maximum atomic E-state index is 12.7. The Morgan fingerprint density at radius 2 is 1.44 bits per heavy atom. The summed E-state index contributed by atoms with van der Waals surface area (Å²) in [6.45, 7) is 10.7. The lowest BCUT2D eigenvalue weighted by atomic mass is 9.78. The first-order valence-corrected chi connectivity index (χ1v) is 8.74. The van der Waals surface area contributed by atoms with Gasteiger partial charge in [0, 0.05) is 11.1 Å². The average molecular weight is 375 g/mol. The smallest absolute Gasteiger partial charge is 0.340 e. The molecule has 0 bridgehead atoms. The number of carbonyl (C=O) groups excluding carboxylic acids is 2. The number of pyridine rings is 1. The third-order valence-corrected chi connectivity index (χ3v) is 4.88. The predicted octanol–water partition coefficient (Wildman–Crippen LogP) is 3.26. The summed E-state index contributed by atoms with van der Waals surface area (Å²) < 4.78 is 9.90. The van der Waals surface area contributed by atoms with Gasteiger partial charge in [-0.05, 0) is 53.5 Å². The molecule has 27 heavy (non-hydrogen) atoms. The monoisotopic (exact) mass is 375 g/mol. The second-order valence-corrected chi connectivity index (χ2v) is 8.00. The summed E-state index contributed by atoms with van der Waals surface area (Å²) in [6.07, 6.45) is 2.16. The molecule has 1 aromatic rings. The highest BCUT2D eigenvalue weighted by molar-refractivity contribution is 6.04. The van der Waals surface area contributed by atoms with Crippen LogP contribution in [0, 0.1) is 13.8 Å². The number of methoxy groups -OCH3 is 2. The lowest BCUT2D eigenvalue weighted by molar-refractivity contribution is -0.260. The second-order valence-electron chi connectivity index (χ2n) is 8.00. The number of ether oxygens (including phenoxy) is 2. The molecule has 0 aromatic carbocycles. The number of aryl methyl sites for hydroxylation is 2. The van der Waals surface area contributed by atoms with E-state index < -0.39 is 23.0 Å². The lowest BCUT2D eigenvalue weighted by Gasteiger charge is -2.45. The van der Waals surface area contributed by atoms with Gasteiger partial charge in [-0.3, -0.25) is 4.98 Å². The molecule has 0 N–H and O–H groups in total. The topological polar surface area (TPSA) is 88.6 Å². The Morgan fingerprint density at radius 1 is 1.00 bits per heavy atom. The third-order valence-electron chi connectivity index (χ3n) is 4.88. The Kier molecular flexibility index (Phi) is 5.50. The molecule has 0 saturated carbocycles. The van der Waals surface area contributed by atoms with Crippen molar-refractivity contribution in [3.8, 4) is 0 Å². The van der Waals surface area contributed by atoms with Crippen LogP contribution in [0.1, 0.15) is 71.8 Å². The number of rotatable bonds is 3. The van der Waals surface area contributed by atoms with Gasteiger partial charge in [0.05, 0.1) is 42.3 Å². The van der Waals surface area contributed by atoms with E-state index >= 15 is 0 Å². The van der Waals surface area contributed by atoms with Crippen molar-refractivity contribution in [2.45, 2.75) is 59.0 Å². The first kappa shape index (κ1) is 21.1. The van der Waals surface area contributed by atoms with Crippen LogP contribution in [0.25, 0.3) is 5.57 Å². The van der Waals surface area contributed by atoms with Crippen LogP contribution < -0.4 is 0 Å². The summed E-state index contributed by atoms with van der Waals surface area (Å²) in [5, 5.41) is 13.7. The standard InChI is InChI=1S/C20H27N2O5/c1-11-14(17(23)26-7)16(15(12(2)21-11)18(24)27-8)13-9-19(3,4)22(25)20(5,6)10-13/h9H,10H2,1-8H3. The summed E-state index contributed by atoms with van der Waals surface area (Å²) in [4.78, 5) is 29.4. The first-order chi connectivity index (χ1) is 12.4. The molecule has 7 heteroatoms. The number of hydroxylamine groups is 2. The molecule has 0 atom stereocenters. The van der Waals surface area contributed by atoms with Crippen molar-refractivity contribution in [1.29, 1.82) is 0 Å². The van der Waals surface area contributed by atoms with Gasteiger partial charge in [-0.1, -0.05) is 6.08 Å². The summed E-state index contributed by atoms with van der Waals surface area (Å²) >= 11 is 0. The first-order valence-electron chi connectivity index (χ1n) is 8.74. The minimum absolute atomic E-state index is 0.223. The third kappa shape index (κ3) is 3.61. The van der Waals surface area contributed by atoms with Crippen molar-refractivity contribution < 1.29 is 24.3 Å². The molecule has 0 saturated heterocycles. The van der Waals surface area contributed by atoms with Crippen molar-refractivity contribution in [3.63, 3.8) is 0 Å². The van der Waals surface area contributed by atoms with E-state index in [9.17, 15) is 14.8 Å². The minimum atomic E-state index is -0.817. The average Bonchev–Trinajstić information content (AvgIpc) is 2.57. The highest BCUT2D eigenvalue weighted by atomic mass is 16.5. The molecule has 7 nitrogen and oxygen atoms in total. The van der Waals surface area contributed by atoms with E-state index in [1.54, 1.807) is 33.8 Å². The molecular weight excluding hydrogens is 348 g/mol. The van der Waals surface area contributed by atoms with Crippen LogP contribution in [0.2, 0.25) is 0 Å². The maximum absolute atomic E-state index is 12.7. The molecule has 1 aliphatic rings. The maximum Gasteiger partial charge on any atom is 0.340 e. The summed E-state index contributed by atoms with van der Waals surface area (Å²) in [6, 6.07) is 0. The number of aromatic nitrogens is 1. The van der Waals surface area contributed by atoms with Crippen LogP contribution in [0.5, 0.6) is 0 Å². The second kappa shape index (κ2) is 7.05. The summed E-state index contributed by atoms with van der Waals surface area (Å²) in [5.74, 6) is -1.16. The largest absolute Gasteiger partial charge is 0.465 e. The van der Waals surface area contributed by atoms with E-state index in [1.807, 2.05) is 13.8 Å². The zero-order valence-electron chi connectivity index (χ0n) is 17.2. The van der Waals surface area contributed by atoms with Crippen molar-refractivity contribution in [2.24, 2.45) is 0 Å². The van der Waals surface area contributed by atoms with Crippen molar-refractivity contribution >= 4 is 17.5 Å². The van der Waals surface area contributed by atoms with E-state index in [0.717, 1.165) is 10.6 Å². The molecule has 1 radical (unpaired) electrons. The van der Waals surface area contributed by atoms with E-state index in [2.05, 4.69) is 4.98 Å². The summed E-state index contributed by atoms with van der Waals surface area (Å²) in [5.41, 5.74) is 0.995. The molecule has 0 aliphatic carbocycles. The SMILES string of the molecule is COC(=O)c1c(C)nc(C)c(C(=O)OC)c1C1=CC(C)(C)N([O])C(C)(C)C1. The molecule has 0 fully saturated rings. The van der Waals surface area contributed by atoms with Gasteiger partial charge in [0.2, 0.25) is 0 Å². The number of carbonyl (C=O) groups is 2. The van der Waals surface area contributed by atoms with Gasteiger partial charge in [0.15, 0.2) is 0 Å². The predicted molar refractivity (Wildman–Crippen MR) is 99.7 cm³/mol. The zero-order valence-corrected chi connectivity index (χ0v) is 17.2. The van der Waals surface area contributed by atoms with Gasteiger partial charge in [0.1, 0.15) is 0 Å². The zero-order chi connectivity index (χ0) is 20.7. The molecule has 147 valence electrons. The van der Waals surface area contributed by atoms with Gasteiger partial charge >= 0.3 is 11.9 Å². The van der Waals surface area contributed by atoms with Crippen molar-refractivity contribution in [2.75, 3.05) is 14.2 Å². The minimum Gasteiger partial charge on any atom is -0.465 e. The number of hydrogen-bond acceptors (Lipinski definition) is 6. The molecule has 2 rings (SSSR count).